The fourth-order valence-electron chi connectivity index (χ4n) is 4.97. The standard InChI is InChI=1S/C41H73O9P/c1-3-5-7-9-11-13-15-16-17-18-19-20-21-22-23-24-26-28-30-32-34-47-37-40(38-49-51(45,46)48-36-39(43)35-42)50-41(44)33-31-29-27-25-14-12-10-8-6-4-2/h5,7,11,13,16-17,19-20,22-23,39-40,42-43H,3-4,6,8-10,12,14-15,18,21,24-38H2,1-2H3,(H,45,46)/b7-5-,13-11-,17-16-,20-19-,23-22-. The van der Waals surface area contributed by atoms with Crippen LogP contribution in [0.2, 0.25) is 0 Å². The molecule has 0 bridgehead atoms. The van der Waals surface area contributed by atoms with Crippen molar-refractivity contribution in [3.05, 3.63) is 60.8 Å². The Morgan fingerprint density at radius 3 is 1.69 bits per heavy atom. The number of phosphoric ester groups is 1. The molecule has 0 radical (unpaired) electrons. The maximum Gasteiger partial charge on any atom is 0.472 e. The highest BCUT2D eigenvalue weighted by Gasteiger charge is 2.26. The molecule has 0 spiro atoms. The van der Waals surface area contributed by atoms with Crippen molar-refractivity contribution in [2.75, 3.05) is 33.0 Å². The first-order chi connectivity index (χ1) is 24.8. The van der Waals surface area contributed by atoms with E-state index in [1.54, 1.807) is 0 Å². The Balaban J connectivity index is 4.24. The number of rotatable bonds is 37. The van der Waals surface area contributed by atoms with E-state index in [0.29, 0.717) is 6.61 Å². The highest BCUT2D eigenvalue weighted by molar-refractivity contribution is 7.47. The van der Waals surface area contributed by atoms with Crippen molar-refractivity contribution < 1.29 is 43.0 Å². The number of allylic oxidation sites excluding steroid dienone is 10. The molecule has 0 amide bonds. The molecule has 0 fully saturated rings. The lowest BCUT2D eigenvalue weighted by Gasteiger charge is -2.20. The van der Waals surface area contributed by atoms with Crippen LogP contribution in [0, 0.1) is 0 Å². The molecular formula is C41H73O9P. The van der Waals surface area contributed by atoms with E-state index in [1.165, 1.54) is 44.9 Å². The van der Waals surface area contributed by atoms with Gasteiger partial charge in [0.25, 0.3) is 0 Å². The number of hydrogen-bond acceptors (Lipinski definition) is 8. The van der Waals surface area contributed by atoms with Gasteiger partial charge in [0.05, 0.1) is 26.4 Å². The second kappa shape index (κ2) is 37.9. The number of unbranched alkanes of at least 4 members (excludes halogenated alkanes) is 13. The first-order valence-electron chi connectivity index (χ1n) is 19.8. The Bertz CT molecular complexity index is 976. The normalized spacial score (nSPS) is 14.8. The molecule has 0 aliphatic heterocycles. The highest BCUT2D eigenvalue weighted by Crippen LogP contribution is 2.43. The Morgan fingerprint density at radius 2 is 1.12 bits per heavy atom. The lowest BCUT2D eigenvalue weighted by Crippen LogP contribution is -2.29. The maximum absolute atomic E-state index is 12.5. The number of aliphatic hydroxyl groups is 2. The molecule has 3 atom stereocenters. The largest absolute Gasteiger partial charge is 0.472 e. The molecule has 51 heavy (non-hydrogen) atoms. The van der Waals surface area contributed by atoms with Crippen LogP contribution in [-0.4, -0.2) is 66.3 Å². The summed E-state index contributed by atoms with van der Waals surface area (Å²) in [5.41, 5.74) is 0. The van der Waals surface area contributed by atoms with E-state index in [9.17, 15) is 19.4 Å². The van der Waals surface area contributed by atoms with E-state index in [4.69, 9.17) is 23.6 Å². The smallest absolute Gasteiger partial charge is 0.457 e. The first kappa shape index (κ1) is 49.2. The van der Waals surface area contributed by atoms with Crippen molar-refractivity contribution >= 4 is 13.8 Å². The molecule has 0 aromatic heterocycles. The molecular weight excluding hydrogens is 667 g/mol. The quantitative estimate of drug-likeness (QED) is 0.0246. The minimum absolute atomic E-state index is 0.0308. The number of carbonyl (C=O) groups is 1. The van der Waals surface area contributed by atoms with Gasteiger partial charge in [-0.3, -0.25) is 13.8 Å². The maximum atomic E-state index is 12.5. The van der Waals surface area contributed by atoms with Gasteiger partial charge in [0, 0.05) is 13.0 Å². The predicted molar refractivity (Wildman–Crippen MR) is 210 cm³/mol. The Hall–Kier alpha value is -1.84. The molecule has 0 aliphatic carbocycles. The zero-order chi connectivity index (χ0) is 37.5. The summed E-state index contributed by atoms with van der Waals surface area (Å²) >= 11 is 0. The van der Waals surface area contributed by atoms with Crippen LogP contribution >= 0.6 is 7.82 Å². The molecule has 0 aromatic carbocycles. The number of aliphatic hydroxyl groups excluding tert-OH is 2. The van der Waals surface area contributed by atoms with Crippen molar-refractivity contribution in [1.82, 2.24) is 0 Å². The summed E-state index contributed by atoms with van der Waals surface area (Å²) < 4.78 is 33.2. The van der Waals surface area contributed by atoms with Gasteiger partial charge in [-0.05, 0) is 57.8 Å². The number of phosphoric acid groups is 1. The number of hydrogen-bond donors (Lipinski definition) is 3. The molecule has 0 heterocycles. The summed E-state index contributed by atoms with van der Waals surface area (Å²) in [6, 6.07) is 0. The van der Waals surface area contributed by atoms with Crippen molar-refractivity contribution in [2.24, 2.45) is 0 Å². The summed E-state index contributed by atoms with van der Waals surface area (Å²) in [5.74, 6) is -0.397. The lowest BCUT2D eigenvalue weighted by molar-refractivity contribution is -0.154. The number of esters is 1. The van der Waals surface area contributed by atoms with E-state index in [-0.39, 0.29) is 19.6 Å². The van der Waals surface area contributed by atoms with Gasteiger partial charge in [-0.2, -0.15) is 0 Å². The van der Waals surface area contributed by atoms with Crippen LogP contribution in [0.4, 0.5) is 0 Å². The zero-order valence-corrected chi connectivity index (χ0v) is 32.9. The van der Waals surface area contributed by atoms with E-state index >= 15 is 0 Å². The van der Waals surface area contributed by atoms with Gasteiger partial charge in [-0.15, -0.1) is 0 Å². The van der Waals surface area contributed by atoms with Gasteiger partial charge in [0.1, 0.15) is 12.2 Å². The summed E-state index contributed by atoms with van der Waals surface area (Å²) in [4.78, 5) is 22.4. The molecule has 0 rings (SSSR count). The predicted octanol–water partition coefficient (Wildman–Crippen LogP) is 10.4. The van der Waals surface area contributed by atoms with E-state index < -0.39 is 39.2 Å². The summed E-state index contributed by atoms with van der Waals surface area (Å²) in [5, 5.41) is 18.3. The van der Waals surface area contributed by atoms with Gasteiger partial charge >= 0.3 is 13.8 Å². The van der Waals surface area contributed by atoms with Crippen LogP contribution in [0.3, 0.4) is 0 Å². The average molecular weight is 741 g/mol. The topological polar surface area (TPSA) is 132 Å². The number of carbonyl (C=O) groups excluding carboxylic acids is 1. The fourth-order valence-corrected chi connectivity index (χ4v) is 5.76. The van der Waals surface area contributed by atoms with E-state index in [1.807, 2.05) is 0 Å². The van der Waals surface area contributed by atoms with Crippen LogP contribution in [0.1, 0.15) is 149 Å². The third kappa shape index (κ3) is 37.7. The summed E-state index contributed by atoms with van der Waals surface area (Å²) in [6.45, 7) is 3.31. The minimum atomic E-state index is -4.52. The monoisotopic (exact) mass is 740 g/mol. The minimum Gasteiger partial charge on any atom is -0.457 e. The Kier molecular flexibility index (Phi) is 36.5. The molecule has 296 valence electrons. The Labute approximate surface area is 310 Å². The third-order valence-electron chi connectivity index (χ3n) is 7.97. The Morgan fingerprint density at radius 1 is 0.627 bits per heavy atom. The second-order valence-corrected chi connectivity index (χ2v) is 14.4. The van der Waals surface area contributed by atoms with Crippen molar-refractivity contribution in [1.29, 1.82) is 0 Å². The van der Waals surface area contributed by atoms with Crippen LogP contribution in [0.15, 0.2) is 60.8 Å². The molecule has 0 aliphatic rings. The third-order valence-corrected chi connectivity index (χ3v) is 8.92. The number of ether oxygens (including phenoxy) is 2. The molecule has 9 nitrogen and oxygen atoms in total. The van der Waals surface area contributed by atoms with Crippen LogP contribution in [0.25, 0.3) is 0 Å². The fraction of sp³-hybridized carbons (Fsp3) is 0.732. The van der Waals surface area contributed by atoms with Crippen LogP contribution in [-0.2, 0) is 27.9 Å². The second-order valence-electron chi connectivity index (χ2n) is 12.9. The van der Waals surface area contributed by atoms with Gasteiger partial charge < -0.3 is 24.6 Å². The molecule has 3 N–H and O–H groups in total. The zero-order valence-electron chi connectivity index (χ0n) is 32.1. The molecule has 0 aromatic rings. The van der Waals surface area contributed by atoms with Gasteiger partial charge in [0.2, 0.25) is 0 Å². The van der Waals surface area contributed by atoms with Crippen molar-refractivity contribution in [3.8, 4) is 0 Å². The highest BCUT2D eigenvalue weighted by atomic mass is 31.2. The van der Waals surface area contributed by atoms with Crippen LogP contribution < -0.4 is 0 Å². The SMILES string of the molecule is CC/C=C\C/C=C\C/C=C\C/C=C\C/C=C\CCCCCCOCC(COP(=O)(O)OCC(O)CO)OC(=O)CCCCCCCCCCCC. The molecule has 10 heteroatoms. The molecule has 0 saturated heterocycles. The summed E-state index contributed by atoms with van der Waals surface area (Å²) in [7, 11) is -4.52. The average Bonchev–Trinajstić information content (AvgIpc) is 3.12. The van der Waals surface area contributed by atoms with E-state index in [2.05, 4.69) is 74.6 Å². The molecule has 3 unspecified atom stereocenters. The molecule has 0 saturated carbocycles. The van der Waals surface area contributed by atoms with Crippen molar-refractivity contribution in [3.63, 3.8) is 0 Å². The van der Waals surface area contributed by atoms with Crippen molar-refractivity contribution in [2.45, 2.75) is 161 Å². The lowest BCUT2D eigenvalue weighted by atomic mass is 10.1. The van der Waals surface area contributed by atoms with Gasteiger partial charge in [-0.25, -0.2) is 4.57 Å². The first-order valence-corrected chi connectivity index (χ1v) is 21.3. The van der Waals surface area contributed by atoms with Gasteiger partial charge in [-0.1, -0.05) is 145 Å². The van der Waals surface area contributed by atoms with Crippen LogP contribution in [0.5, 0.6) is 0 Å². The van der Waals surface area contributed by atoms with Gasteiger partial charge in [0.15, 0.2) is 0 Å². The summed E-state index contributed by atoms with van der Waals surface area (Å²) in [6.07, 6.45) is 41.8. The van der Waals surface area contributed by atoms with E-state index in [0.717, 1.165) is 83.5 Å².